The molecule has 1 aliphatic rings. The maximum absolute atomic E-state index is 11.4. The van der Waals surface area contributed by atoms with Gasteiger partial charge in [0, 0.05) is 17.7 Å². The van der Waals surface area contributed by atoms with Gasteiger partial charge in [0.15, 0.2) is 0 Å². The molecule has 14 heavy (non-hydrogen) atoms. The quantitative estimate of drug-likeness (QED) is 0.724. The zero-order chi connectivity index (χ0) is 10.4. The van der Waals surface area contributed by atoms with Crippen LogP contribution in [0.2, 0.25) is 0 Å². The molecule has 0 aromatic heterocycles. The van der Waals surface area contributed by atoms with Crippen molar-refractivity contribution in [3.8, 4) is 0 Å². The highest BCUT2D eigenvalue weighted by atomic mass is 32.2. The molecule has 3 nitrogen and oxygen atoms in total. The number of amides is 1. The van der Waals surface area contributed by atoms with Gasteiger partial charge >= 0.3 is 0 Å². The van der Waals surface area contributed by atoms with E-state index in [1.807, 2.05) is 11.8 Å². The van der Waals surface area contributed by atoms with Gasteiger partial charge in [0.1, 0.15) is 0 Å². The van der Waals surface area contributed by atoms with Gasteiger partial charge in [-0.3, -0.25) is 4.79 Å². The Morgan fingerprint density at radius 2 is 2.36 bits per heavy atom. The summed E-state index contributed by atoms with van der Waals surface area (Å²) in [5, 5.41) is 3.82. The van der Waals surface area contributed by atoms with E-state index < -0.39 is 0 Å². The minimum absolute atomic E-state index is 0.169. The summed E-state index contributed by atoms with van der Waals surface area (Å²) in [6, 6.07) is 0.415. The summed E-state index contributed by atoms with van der Waals surface area (Å²) >= 11 is 1.91. The van der Waals surface area contributed by atoms with Crippen LogP contribution in [-0.2, 0) is 4.79 Å². The minimum atomic E-state index is 0.169. The Hall–Kier alpha value is -0.220. The van der Waals surface area contributed by atoms with E-state index in [4.69, 9.17) is 5.73 Å². The fraction of sp³-hybridized carbons (Fsp3) is 0.900. The molecule has 0 aliphatic heterocycles. The third kappa shape index (κ3) is 3.88. The topological polar surface area (TPSA) is 55.1 Å². The largest absolute Gasteiger partial charge is 0.353 e. The molecule has 0 bridgehead atoms. The second-order valence-corrected chi connectivity index (χ2v) is 4.97. The normalized spacial score (nSPS) is 26.4. The lowest BCUT2D eigenvalue weighted by atomic mass is 10.2. The summed E-state index contributed by atoms with van der Waals surface area (Å²) in [5.74, 6) is 0.169. The highest BCUT2D eigenvalue weighted by Gasteiger charge is 2.24. The predicted molar refractivity (Wildman–Crippen MR) is 61.4 cm³/mol. The molecule has 0 spiro atoms. The molecule has 3 N–H and O–H groups in total. The SMILES string of the molecule is CSC1CCC(NC(=O)CCCN)C1. The van der Waals surface area contributed by atoms with Crippen molar-refractivity contribution in [3.63, 3.8) is 0 Å². The van der Waals surface area contributed by atoms with Crippen LogP contribution in [0.25, 0.3) is 0 Å². The molecular formula is C10H20N2OS. The standard InChI is InChI=1S/C10H20N2OS/c1-14-9-5-4-8(7-9)12-10(13)3-2-6-11/h8-9H,2-7,11H2,1H3,(H,12,13). The highest BCUT2D eigenvalue weighted by Crippen LogP contribution is 2.28. The summed E-state index contributed by atoms with van der Waals surface area (Å²) in [5.41, 5.74) is 5.35. The van der Waals surface area contributed by atoms with Gasteiger partial charge in [-0.05, 0) is 38.5 Å². The van der Waals surface area contributed by atoms with Crippen LogP contribution in [0.3, 0.4) is 0 Å². The second kappa shape index (κ2) is 6.30. The average molecular weight is 216 g/mol. The van der Waals surface area contributed by atoms with E-state index in [0.29, 0.717) is 19.0 Å². The number of nitrogens with one attached hydrogen (secondary N) is 1. The Morgan fingerprint density at radius 3 is 2.93 bits per heavy atom. The number of carbonyl (C=O) groups excluding carboxylic acids is 1. The van der Waals surface area contributed by atoms with Crippen LogP contribution < -0.4 is 11.1 Å². The van der Waals surface area contributed by atoms with E-state index in [0.717, 1.165) is 24.5 Å². The van der Waals surface area contributed by atoms with Crippen LogP contribution in [0.5, 0.6) is 0 Å². The fourth-order valence-electron chi connectivity index (χ4n) is 1.85. The van der Waals surface area contributed by atoms with Crippen LogP contribution >= 0.6 is 11.8 Å². The van der Waals surface area contributed by atoms with Crippen LogP contribution in [0, 0.1) is 0 Å². The molecule has 0 saturated heterocycles. The van der Waals surface area contributed by atoms with E-state index in [2.05, 4.69) is 11.6 Å². The molecule has 1 rings (SSSR count). The average Bonchev–Trinajstić information content (AvgIpc) is 2.62. The number of nitrogens with two attached hydrogens (primary N) is 1. The molecule has 82 valence electrons. The summed E-state index contributed by atoms with van der Waals surface area (Å²) in [6.07, 6.45) is 7.03. The van der Waals surface area contributed by atoms with Crippen molar-refractivity contribution >= 4 is 17.7 Å². The minimum Gasteiger partial charge on any atom is -0.353 e. The van der Waals surface area contributed by atoms with E-state index in [1.165, 1.54) is 6.42 Å². The third-order valence-corrected chi connectivity index (χ3v) is 3.79. The Kier molecular flexibility index (Phi) is 5.33. The van der Waals surface area contributed by atoms with Crippen molar-refractivity contribution in [2.24, 2.45) is 5.73 Å². The molecule has 0 radical (unpaired) electrons. The first-order chi connectivity index (χ1) is 6.76. The molecule has 0 aromatic rings. The first-order valence-corrected chi connectivity index (χ1v) is 6.57. The summed E-state index contributed by atoms with van der Waals surface area (Å²) in [4.78, 5) is 11.4. The highest BCUT2D eigenvalue weighted by molar-refractivity contribution is 7.99. The summed E-state index contributed by atoms with van der Waals surface area (Å²) < 4.78 is 0. The van der Waals surface area contributed by atoms with Crippen molar-refractivity contribution in [3.05, 3.63) is 0 Å². The Balaban J connectivity index is 2.15. The molecule has 0 aromatic carbocycles. The van der Waals surface area contributed by atoms with Crippen molar-refractivity contribution in [1.82, 2.24) is 5.32 Å². The smallest absolute Gasteiger partial charge is 0.220 e. The zero-order valence-electron chi connectivity index (χ0n) is 8.79. The number of carbonyl (C=O) groups is 1. The lowest BCUT2D eigenvalue weighted by Gasteiger charge is -2.12. The second-order valence-electron chi connectivity index (χ2n) is 3.83. The van der Waals surface area contributed by atoms with Crippen LogP contribution in [0.15, 0.2) is 0 Å². The maximum atomic E-state index is 11.4. The molecule has 1 saturated carbocycles. The van der Waals surface area contributed by atoms with Gasteiger partial charge in [0.2, 0.25) is 5.91 Å². The lowest BCUT2D eigenvalue weighted by Crippen LogP contribution is -2.33. The van der Waals surface area contributed by atoms with Gasteiger partial charge in [-0.25, -0.2) is 0 Å². The van der Waals surface area contributed by atoms with Crippen LogP contribution in [0.1, 0.15) is 32.1 Å². The zero-order valence-corrected chi connectivity index (χ0v) is 9.61. The van der Waals surface area contributed by atoms with Gasteiger partial charge in [-0.2, -0.15) is 11.8 Å². The van der Waals surface area contributed by atoms with Crippen molar-refractivity contribution < 1.29 is 4.79 Å². The van der Waals surface area contributed by atoms with Crippen molar-refractivity contribution in [1.29, 1.82) is 0 Å². The van der Waals surface area contributed by atoms with Crippen molar-refractivity contribution in [2.75, 3.05) is 12.8 Å². The number of thioether (sulfide) groups is 1. The Morgan fingerprint density at radius 1 is 1.57 bits per heavy atom. The molecule has 1 aliphatic carbocycles. The number of hydrogen-bond donors (Lipinski definition) is 2. The number of rotatable bonds is 5. The van der Waals surface area contributed by atoms with Crippen LogP contribution in [-0.4, -0.2) is 30.0 Å². The molecule has 1 fully saturated rings. The predicted octanol–water partition coefficient (Wildman–Crippen LogP) is 1.13. The molecule has 1 amide bonds. The Bertz CT molecular complexity index is 187. The van der Waals surface area contributed by atoms with Gasteiger partial charge in [-0.1, -0.05) is 0 Å². The first-order valence-electron chi connectivity index (χ1n) is 5.28. The van der Waals surface area contributed by atoms with Gasteiger partial charge in [-0.15, -0.1) is 0 Å². The van der Waals surface area contributed by atoms with E-state index in [1.54, 1.807) is 0 Å². The molecule has 2 unspecified atom stereocenters. The Labute approximate surface area is 90.2 Å². The molecule has 4 heteroatoms. The summed E-state index contributed by atoms with van der Waals surface area (Å²) in [6.45, 7) is 0.603. The monoisotopic (exact) mass is 216 g/mol. The van der Waals surface area contributed by atoms with E-state index in [-0.39, 0.29) is 5.91 Å². The van der Waals surface area contributed by atoms with E-state index >= 15 is 0 Å². The fourth-order valence-corrected chi connectivity index (χ4v) is 2.64. The van der Waals surface area contributed by atoms with Gasteiger partial charge in [0.05, 0.1) is 0 Å². The van der Waals surface area contributed by atoms with Crippen molar-refractivity contribution in [2.45, 2.75) is 43.4 Å². The lowest BCUT2D eigenvalue weighted by molar-refractivity contribution is -0.121. The third-order valence-electron chi connectivity index (χ3n) is 2.69. The number of hydrogen-bond acceptors (Lipinski definition) is 3. The van der Waals surface area contributed by atoms with Crippen LogP contribution in [0.4, 0.5) is 0 Å². The van der Waals surface area contributed by atoms with Gasteiger partial charge < -0.3 is 11.1 Å². The molecule has 2 atom stereocenters. The van der Waals surface area contributed by atoms with Gasteiger partial charge in [0.25, 0.3) is 0 Å². The maximum Gasteiger partial charge on any atom is 0.220 e. The molecule has 0 heterocycles. The first kappa shape index (κ1) is 11.9. The summed E-state index contributed by atoms with van der Waals surface area (Å²) in [7, 11) is 0. The molecular weight excluding hydrogens is 196 g/mol. The van der Waals surface area contributed by atoms with E-state index in [9.17, 15) is 4.79 Å².